The minimum absolute atomic E-state index is 0.0516. The van der Waals surface area contributed by atoms with E-state index in [2.05, 4.69) is 36.6 Å². The van der Waals surface area contributed by atoms with Crippen LogP contribution in [0.15, 0.2) is 96.3 Å². The van der Waals surface area contributed by atoms with Gasteiger partial charge in [0.2, 0.25) is 0 Å². The number of hydrogen-bond donors (Lipinski definition) is 3. The molecular formula is C53H50F3N11O6S. The zero-order chi connectivity index (χ0) is 52.1. The minimum atomic E-state index is -4.63. The Morgan fingerprint density at radius 3 is 2.23 bits per heavy atom. The summed E-state index contributed by atoms with van der Waals surface area (Å²) < 4.78 is 82.2. The van der Waals surface area contributed by atoms with Gasteiger partial charge in [0.1, 0.15) is 10.4 Å². The van der Waals surface area contributed by atoms with Gasteiger partial charge >= 0.3 is 6.18 Å². The molecule has 4 aromatic heterocycles. The molecule has 21 heteroatoms. The third kappa shape index (κ3) is 9.75. The molecule has 0 aliphatic carbocycles. The molecule has 2 fully saturated rings. The van der Waals surface area contributed by atoms with Crippen molar-refractivity contribution in [1.82, 2.24) is 29.9 Å². The lowest BCUT2D eigenvalue weighted by Crippen LogP contribution is -2.48. The average Bonchev–Trinajstić information content (AvgIpc) is 3.98. The van der Waals surface area contributed by atoms with E-state index in [1.54, 1.807) is 56.6 Å². The highest BCUT2D eigenvalue weighted by Crippen LogP contribution is 2.42. The van der Waals surface area contributed by atoms with Gasteiger partial charge in [-0.2, -0.15) is 18.4 Å². The number of alkyl halides is 3. The van der Waals surface area contributed by atoms with Crippen molar-refractivity contribution >= 4 is 55.7 Å². The number of aromatic nitrogens is 6. The molecule has 0 spiro atoms. The molecule has 2 amide bonds. The van der Waals surface area contributed by atoms with Crippen molar-refractivity contribution in [1.29, 1.82) is 5.26 Å². The molecular weight excluding hydrogens is 976 g/mol. The monoisotopic (exact) mass is 1030 g/mol. The van der Waals surface area contributed by atoms with Crippen LogP contribution in [0.5, 0.6) is 0 Å². The summed E-state index contributed by atoms with van der Waals surface area (Å²) in [6.45, 7) is 9.64. The second kappa shape index (κ2) is 19.6. The van der Waals surface area contributed by atoms with Crippen LogP contribution in [0.25, 0.3) is 33.7 Å². The third-order valence-corrected chi connectivity index (χ3v) is 15.9. The predicted molar refractivity (Wildman–Crippen MR) is 271 cm³/mol. The SMILES string of the molecule is Cc1ccc(NC(=O)c2ccnc(C(C)(C)C#N)c2)cc1-c1cc2[nH]cnc2c(N2CCOC[C@H]2CC2Cc3nc(-c4cc(NC(=O)c5cccc(C(F)(F)F)c5)ccc4C)nc(N4CCOCC4)c3S2(=O)=O)n1. The van der Waals surface area contributed by atoms with Crippen LogP contribution < -0.4 is 20.4 Å². The highest BCUT2D eigenvalue weighted by atomic mass is 32.2. The van der Waals surface area contributed by atoms with E-state index in [0.717, 1.165) is 23.3 Å². The molecule has 1 unspecified atom stereocenters. The number of nitriles is 1. The average molecular weight is 1030 g/mol. The predicted octanol–water partition coefficient (Wildman–Crippen LogP) is 8.25. The van der Waals surface area contributed by atoms with Crippen LogP contribution in [0, 0.1) is 25.2 Å². The minimum Gasteiger partial charge on any atom is -0.378 e. The molecule has 17 nitrogen and oxygen atoms in total. The van der Waals surface area contributed by atoms with Crippen LogP contribution in [0.3, 0.4) is 0 Å². The smallest absolute Gasteiger partial charge is 0.378 e. The maximum atomic E-state index is 15.0. The van der Waals surface area contributed by atoms with E-state index in [1.807, 2.05) is 36.9 Å². The number of amides is 2. The number of aromatic amines is 1. The zero-order valence-corrected chi connectivity index (χ0v) is 41.6. The first-order valence-corrected chi connectivity index (χ1v) is 25.5. The van der Waals surface area contributed by atoms with Crippen LogP contribution in [0.4, 0.5) is 36.2 Å². The van der Waals surface area contributed by atoms with E-state index in [0.29, 0.717) is 95.8 Å². The summed E-state index contributed by atoms with van der Waals surface area (Å²) in [5.74, 6) is -0.114. The molecule has 0 saturated carbocycles. The molecule has 74 heavy (non-hydrogen) atoms. The fourth-order valence-corrected chi connectivity index (χ4v) is 11.6. The summed E-state index contributed by atoms with van der Waals surface area (Å²) in [4.78, 5) is 58.1. The van der Waals surface area contributed by atoms with E-state index in [4.69, 9.17) is 24.4 Å². The number of nitrogens with zero attached hydrogens (tertiary/aromatic N) is 8. The number of morpholine rings is 2. The highest BCUT2D eigenvalue weighted by Gasteiger charge is 2.45. The van der Waals surface area contributed by atoms with Gasteiger partial charge in [0.15, 0.2) is 27.3 Å². The lowest BCUT2D eigenvalue weighted by molar-refractivity contribution is -0.137. The van der Waals surface area contributed by atoms with Crippen molar-refractivity contribution in [3.05, 3.63) is 131 Å². The Kier molecular flexibility index (Phi) is 13.2. The van der Waals surface area contributed by atoms with Gasteiger partial charge in [-0.3, -0.25) is 14.6 Å². The lowest BCUT2D eigenvalue weighted by Gasteiger charge is -2.37. The second-order valence-corrected chi connectivity index (χ2v) is 21.3. The van der Waals surface area contributed by atoms with Gasteiger partial charge in [-0.15, -0.1) is 0 Å². The molecule has 2 saturated heterocycles. The molecule has 7 heterocycles. The van der Waals surface area contributed by atoms with E-state index >= 15 is 8.42 Å². The van der Waals surface area contributed by atoms with Crippen molar-refractivity contribution < 1.29 is 40.7 Å². The number of ether oxygens (including phenoxy) is 2. The maximum Gasteiger partial charge on any atom is 0.416 e. The third-order valence-electron chi connectivity index (χ3n) is 13.7. The number of fused-ring (bicyclic) bond motifs is 2. The van der Waals surface area contributed by atoms with Crippen molar-refractivity contribution in [3.63, 3.8) is 0 Å². The summed E-state index contributed by atoms with van der Waals surface area (Å²) in [5.41, 5.74) is 4.65. The Labute approximate surface area is 424 Å². The number of aryl methyl sites for hydroxylation is 2. The number of H-pyrrole nitrogens is 1. The fraction of sp³-hybridized carbons (Fsp3) is 0.321. The molecule has 3 aliphatic rings. The molecule has 10 rings (SSSR count). The van der Waals surface area contributed by atoms with Gasteiger partial charge in [-0.1, -0.05) is 18.2 Å². The van der Waals surface area contributed by atoms with Crippen molar-refractivity contribution in [2.75, 3.05) is 66.5 Å². The second-order valence-electron chi connectivity index (χ2n) is 19.1. The molecule has 0 bridgehead atoms. The van der Waals surface area contributed by atoms with Crippen LogP contribution in [-0.4, -0.2) is 107 Å². The molecule has 2 atom stereocenters. The Morgan fingerprint density at radius 2 is 1.51 bits per heavy atom. The Morgan fingerprint density at radius 1 is 0.824 bits per heavy atom. The zero-order valence-electron chi connectivity index (χ0n) is 40.7. The maximum absolute atomic E-state index is 15.0. The molecule has 380 valence electrons. The van der Waals surface area contributed by atoms with Crippen molar-refractivity contribution in [2.24, 2.45) is 0 Å². The number of sulfone groups is 1. The number of rotatable bonds is 11. The number of pyridine rings is 2. The quantitative estimate of drug-likeness (QED) is 0.111. The molecule has 3 aromatic carbocycles. The van der Waals surface area contributed by atoms with Crippen molar-refractivity contribution in [3.8, 4) is 28.7 Å². The summed E-state index contributed by atoms with van der Waals surface area (Å²) in [6, 6.07) is 21.5. The van der Waals surface area contributed by atoms with Gasteiger partial charge in [0.05, 0.1) is 83.7 Å². The molecule has 0 radical (unpaired) electrons. The lowest BCUT2D eigenvalue weighted by atomic mass is 9.90. The highest BCUT2D eigenvalue weighted by molar-refractivity contribution is 7.92. The molecule has 7 aromatic rings. The van der Waals surface area contributed by atoms with Gasteiger partial charge in [0.25, 0.3) is 11.8 Å². The van der Waals surface area contributed by atoms with Gasteiger partial charge in [0, 0.05) is 65.9 Å². The summed E-state index contributed by atoms with van der Waals surface area (Å²) in [5, 5.41) is 14.4. The Hall–Kier alpha value is -7.80. The van der Waals surface area contributed by atoms with Crippen LogP contribution in [-0.2, 0) is 37.3 Å². The van der Waals surface area contributed by atoms with E-state index in [9.17, 15) is 28.0 Å². The molecule has 3 aliphatic heterocycles. The summed E-state index contributed by atoms with van der Waals surface area (Å²) in [7, 11) is -4.07. The van der Waals surface area contributed by atoms with Crippen LogP contribution in [0.1, 0.15) is 69.1 Å². The number of carbonyl (C=O) groups is 2. The first-order chi connectivity index (χ1) is 35.4. The first kappa shape index (κ1) is 49.8. The Balaban J connectivity index is 0.947. The van der Waals surface area contributed by atoms with Crippen molar-refractivity contribution in [2.45, 2.75) is 68.3 Å². The number of hydrogen-bond acceptors (Lipinski definition) is 14. The summed E-state index contributed by atoms with van der Waals surface area (Å²) >= 11 is 0. The number of carbonyl (C=O) groups excluding carboxylic acids is 2. The molecule has 3 N–H and O–H groups in total. The standard InChI is InChI=1S/C53H50F3N11O6S/c1-30-8-10-35(61-51(69)33-12-13-58-44(21-33)52(3,4)28-57)22-39(30)41-26-42-45(60-29-59-42)48(64-41)67-16-19-73-27-37(67)24-38-25-43-46(74(38,70)71)49(66-14-17-72-18-15-66)65-47(63-43)40-23-36(11-9-31(40)2)62-50(68)32-6-5-7-34(20-32)53(54,55)56/h5-13,20-23,26,29,37-38H,14-19,24-25,27H2,1-4H3,(H,59,60)(H,61,69)(H,62,68)/t37-,38?/m1/s1. The fourth-order valence-electron chi connectivity index (χ4n) is 9.56. The first-order valence-electron chi connectivity index (χ1n) is 23.9. The number of anilines is 4. The van der Waals surface area contributed by atoms with E-state index in [1.165, 1.54) is 18.3 Å². The van der Waals surface area contributed by atoms with Crippen LogP contribution >= 0.6 is 0 Å². The van der Waals surface area contributed by atoms with Gasteiger partial charge in [-0.05, 0) is 106 Å². The van der Waals surface area contributed by atoms with Gasteiger partial charge in [-0.25, -0.2) is 28.4 Å². The van der Waals surface area contributed by atoms with Crippen LogP contribution in [0.2, 0.25) is 0 Å². The number of nitrogens with one attached hydrogen (secondary N) is 3. The largest absolute Gasteiger partial charge is 0.416 e. The van der Waals surface area contributed by atoms with E-state index < -0.39 is 44.2 Å². The number of benzene rings is 3. The topological polar surface area (TPSA) is 221 Å². The summed E-state index contributed by atoms with van der Waals surface area (Å²) in [6.07, 6.45) is -1.33. The Bertz CT molecular complexity index is 3520. The number of imidazole rings is 1. The van der Waals surface area contributed by atoms with E-state index in [-0.39, 0.29) is 53.1 Å². The number of halogens is 3. The normalized spacial score (nSPS) is 17.7. The van der Waals surface area contributed by atoms with Gasteiger partial charge < -0.3 is 34.9 Å².